The molecule has 0 aromatic rings. The van der Waals surface area contributed by atoms with Gasteiger partial charge in [-0.2, -0.15) is 0 Å². The van der Waals surface area contributed by atoms with Crippen LogP contribution in [0.2, 0.25) is 0 Å². The standard InChI is InChI=1S/2BO3.3Cu.H2O/c2*2-1(3)4;;;;/h;;;;;1H2/q2*-3;3*+2;. The summed E-state index contributed by atoms with van der Waals surface area (Å²) in [6.45, 7) is 0. The summed E-state index contributed by atoms with van der Waals surface area (Å²) in [5.74, 6) is 0. The molecule has 0 bridgehead atoms. The largest absolute Gasteiger partial charge is 2.00 e. The van der Waals surface area contributed by atoms with E-state index in [2.05, 4.69) is 0 Å². The van der Waals surface area contributed by atoms with Crippen LogP contribution in [0.1, 0.15) is 0 Å². The van der Waals surface area contributed by atoms with Crippen LogP contribution in [0.15, 0.2) is 0 Å². The molecule has 0 amide bonds. The fourth-order valence-electron chi connectivity index (χ4n) is 0. The third-order valence-corrected chi connectivity index (χ3v) is 0. The van der Waals surface area contributed by atoms with Gasteiger partial charge in [-0.15, -0.1) is 0 Å². The molecule has 0 unspecified atom stereocenters. The predicted octanol–water partition coefficient (Wildman–Crippen LogP) is -8.73. The molecule has 0 fully saturated rings. The average molecular weight is 326 g/mol. The molecule has 0 aromatic carbocycles. The maximum atomic E-state index is 8.42. The van der Waals surface area contributed by atoms with Gasteiger partial charge in [0.2, 0.25) is 0 Å². The summed E-state index contributed by atoms with van der Waals surface area (Å²) < 4.78 is 0. The Hall–Kier alpha value is 1.41. The number of hydrogen-bond donors (Lipinski definition) is 0. The summed E-state index contributed by atoms with van der Waals surface area (Å²) in [5.41, 5.74) is 0. The van der Waals surface area contributed by atoms with Gasteiger partial charge in [-0.3, -0.25) is 14.6 Å². The van der Waals surface area contributed by atoms with E-state index in [0.29, 0.717) is 0 Å². The summed E-state index contributed by atoms with van der Waals surface area (Å²) in [5, 5.41) is 50.5. The van der Waals surface area contributed by atoms with E-state index < -0.39 is 14.6 Å². The molecule has 0 aliphatic heterocycles. The van der Waals surface area contributed by atoms with E-state index in [9.17, 15) is 0 Å². The van der Waals surface area contributed by atoms with E-state index in [-0.39, 0.29) is 56.7 Å². The Morgan fingerprint density at radius 1 is 0.500 bits per heavy atom. The van der Waals surface area contributed by atoms with Crippen LogP contribution in [0.25, 0.3) is 0 Å². The van der Waals surface area contributed by atoms with Crippen molar-refractivity contribution in [2.24, 2.45) is 0 Å². The Balaban J connectivity index is -0.0000000112. The van der Waals surface area contributed by atoms with Crippen LogP contribution < -0.4 is 30.1 Å². The number of hydrogen-bond acceptors (Lipinski definition) is 6. The Kier molecular flexibility index (Phi) is 92.2. The number of rotatable bonds is 0. The molecule has 0 saturated carbocycles. The van der Waals surface area contributed by atoms with E-state index >= 15 is 0 Å². The Morgan fingerprint density at radius 3 is 0.500 bits per heavy atom. The van der Waals surface area contributed by atoms with E-state index in [1.165, 1.54) is 0 Å². The third-order valence-electron chi connectivity index (χ3n) is 0. The van der Waals surface area contributed by atoms with Gasteiger partial charge in [-0.25, -0.2) is 0 Å². The molecular weight excluding hydrogens is 324 g/mol. The molecule has 0 aromatic heterocycles. The molecule has 3 radical (unpaired) electrons. The second-order valence-corrected chi connectivity index (χ2v) is 0.577. The van der Waals surface area contributed by atoms with Crippen molar-refractivity contribution >= 4 is 14.6 Å². The molecule has 0 aliphatic rings. The van der Waals surface area contributed by atoms with Gasteiger partial charge in [0.25, 0.3) is 0 Å². The quantitative estimate of drug-likeness (QED) is 0.400. The van der Waals surface area contributed by atoms with E-state index in [0.717, 1.165) is 0 Å². The first kappa shape index (κ1) is 37.6. The summed E-state index contributed by atoms with van der Waals surface area (Å²) in [4.78, 5) is 0. The summed E-state index contributed by atoms with van der Waals surface area (Å²) in [6.07, 6.45) is 0. The van der Waals surface area contributed by atoms with Crippen LogP contribution >= 0.6 is 0 Å². The minimum absolute atomic E-state index is 0. The first-order valence-corrected chi connectivity index (χ1v) is 1.41. The van der Waals surface area contributed by atoms with Crippen molar-refractivity contribution in [2.75, 3.05) is 0 Å². The predicted molar refractivity (Wildman–Crippen MR) is 15.1 cm³/mol. The molecule has 7 nitrogen and oxygen atoms in total. The van der Waals surface area contributed by atoms with Gasteiger partial charge < -0.3 is 35.6 Å². The minimum atomic E-state index is -2.92. The fourth-order valence-corrected chi connectivity index (χ4v) is 0. The van der Waals surface area contributed by atoms with Crippen molar-refractivity contribution in [2.45, 2.75) is 0 Å². The van der Waals surface area contributed by atoms with Gasteiger partial charge in [-0.05, 0) is 0 Å². The fraction of sp³-hybridized carbons (Fsp3) is 0. The Morgan fingerprint density at radius 2 is 0.500 bits per heavy atom. The smallest absolute Gasteiger partial charge is 0.907 e. The Bertz CT molecular complexity index is 32.1. The van der Waals surface area contributed by atoms with E-state index in [4.69, 9.17) is 30.1 Å². The zero-order valence-corrected chi connectivity index (χ0v) is 7.83. The van der Waals surface area contributed by atoms with Crippen molar-refractivity contribution in [3.05, 3.63) is 0 Å². The third kappa shape index (κ3) is 623. The van der Waals surface area contributed by atoms with E-state index in [1.54, 1.807) is 0 Å². The molecule has 2 N–H and O–H groups in total. The average Bonchev–Trinajstić information content (AvgIpc) is 1.25. The monoisotopic (exact) mass is 325 g/mol. The van der Waals surface area contributed by atoms with E-state index in [1.807, 2.05) is 0 Å². The maximum absolute atomic E-state index is 8.42. The van der Waals surface area contributed by atoms with Crippen LogP contribution in [0.4, 0.5) is 0 Å². The molecule has 12 heteroatoms. The van der Waals surface area contributed by atoms with Crippen molar-refractivity contribution in [1.29, 1.82) is 0 Å². The summed E-state index contributed by atoms with van der Waals surface area (Å²) >= 11 is 0. The summed E-state index contributed by atoms with van der Waals surface area (Å²) in [7, 11) is -5.83. The van der Waals surface area contributed by atoms with Crippen molar-refractivity contribution in [3.8, 4) is 0 Å². The first-order chi connectivity index (χ1) is 3.46. The molecule has 0 atom stereocenters. The van der Waals surface area contributed by atoms with Gasteiger partial charge >= 0.3 is 51.2 Å². The van der Waals surface area contributed by atoms with Crippen LogP contribution in [0.3, 0.4) is 0 Å². The summed E-state index contributed by atoms with van der Waals surface area (Å²) in [6, 6.07) is 0. The Labute approximate surface area is 101 Å². The first-order valence-electron chi connectivity index (χ1n) is 1.41. The second-order valence-electron chi connectivity index (χ2n) is 0.577. The molecular formula is H2B2Cu3O7. The van der Waals surface area contributed by atoms with Crippen LogP contribution in [-0.4, -0.2) is 20.1 Å². The maximum Gasteiger partial charge on any atom is 2.00 e. The van der Waals surface area contributed by atoms with Crippen LogP contribution in [-0.2, 0) is 51.2 Å². The van der Waals surface area contributed by atoms with Gasteiger partial charge in [0.05, 0.1) is 0 Å². The van der Waals surface area contributed by atoms with Gasteiger partial charge in [0.1, 0.15) is 0 Å². The molecule has 0 heterocycles. The van der Waals surface area contributed by atoms with Crippen LogP contribution in [0.5, 0.6) is 0 Å². The molecule has 12 heavy (non-hydrogen) atoms. The van der Waals surface area contributed by atoms with Gasteiger partial charge in [-0.1, -0.05) is 0 Å². The topological polar surface area (TPSA) is 170 Å². The van der Waals surface area contributed by atoms with Crippen molar-refractivity contribution < 1.29 is 86.8 Å². The molecule has 0 rings (SSSR count). The van der Waals surface area contributed by atoms with Crippen molar-refractivity contribution in [1.82, 2.24) is 0 Å². The normalized spacial score (nSPS) is 4.50. The van der Waals surface area contributed by atoms with Gasteiger partial charge in [0, 0.05) is 0 Å². The van der Waals surface area contributed by atoms with Gasteiger partial charge in [0.15, 0.2) is 0 Å². The molecule has 0 spiro atoms. The zero-order valence-electron chi connectivity index (χ0n) is 5.01. The molecule has 0 saturated heterocycles. The van der Waals surface area contributed by atoms with Crippen molar-refractivity contribution in [3.63, 3.8) is 0 Å². The minimum Gasteiger partial charge on any atom is -0.907 e. The van der Waals surface area contributed by atoms with Crippen LogP contribution in [0, 0.1) is 0 Å². The zero-order chi connectivity index (χ0) is 7.15. The molecule has 0 aliphatic carbocycles. The SMILES string of the molecule is O.[Cu+2].[Cu+2].[Cu+2].[O-]B([O-])[O-].[O-]B([O-])[O-]. The molecule has 83 valence electrons. The second kappa shape index (κ2) is 29.4.